The summed E-state index contributed by atoms with van der Waals surface area (Å²) in [7, 11) is 0. The van der Waals surface area contributed by atoms with Gasteiger partial charge in [0.2, 0.25) is 0 Å². The van der Waals surface area contributed by atoms with E-state index in [0.29, 0.717) is 5.03 Å². The van der Waals surface area contributed by atoms with Gasteiger partial charge in [0.25, 0.3) is 0 Å². The first-order valence-electron chi connectivity index (χ1n) is 3.09. The van der Waals surface area contributed by atoms with Gasteiger partial charge in [0, 0.05) is 0 Å². The van der Waals surface area contributed by atoms with Crippen molar-refractivity contribution < 1.29 is 0 Å². The summed E-state index contributed by atoms with van der Waals surface area (Å²) in [5.74, 6) is 0. The van der Waals surface area contributed by atoms with E-state index in [2.05, 4.69) is 18.1 Å². The fourth-order valence-corrected chi connectivity index (χ4v) is 1.78. The molecule has 1 nitrogen and oxygen atoms in total. The van der Waals surface area contributed by atoms with Gasteiger partial charge in [0.05, 0.1) is 20.6 Å². The molecule has 0 aliphatic carbocycles. The molecule has 3 heteroatoms. The summed E-state index contributed by atoms with van der Waals surface area (Å²) in [5.41, 5.74) is 0.754. The Morgan fingerprint density at radius 1 is 1.73 bits per heavy atom. The van der Waals surface area contributed by atoms with E-state index in [-0.39, 0.29) is 0 Å². The van der Waals surface area contributed by atoms with Crippen LogP contribution in [-0.4, -0.2) is 4.98 Å². The molecular formula is C8H8ClNS. The number of aryl methyl sites for hydroxylation is 1. The number of aromatic nitrogens is 1. The molecule has 0 fully saturated rings. The topological polar surface area (TPSA) is 12.9 Å². The Morgan fingerprint density at radius 3 is 2.73 bits per heavy atom. The van der Waals surface area contributed by atoms with Crippen molar-refractivity contribution in [1.29, 1.82) is 0 Å². The molecule has 1 heterocycles. The molecule has 0 aliphatic heterocycles. The van der Waals surface area contributed by atoms with Crippen LogP contribution in [0, 0.1) is 6.92 Å². The number of thiazole rings is 1. The highest BCUT2D eigenvalue weighted by atomic mass is 35.5. The third kappa shape index (κ3) is 1.70. The highest BCUT2D eigenvalue weighted by molar-refractivity contribution is 7.12. The Kier molecular flexibility index (Phi) is 2.47. The first kappa shape index (κ1) is 8.50. The largest absolute Gasteiger partial charge is 0.240 e. The van der Waals surface area contributed by atoms with Crippen LogP contribution in [0.2, 0.25) is 0 Å². The van der Waals surface area contributed by atoms with Crippen LogP contribution in [0.15, 0.2) is 13.2 Å². The molecule has 1 aromatic rings. The number of halogens is 1. The highest BCUT2D eigenvalue weighted by Crippen LogP contribution is 2.26. The fraction of sp³-hybridized carbons (Fsp3) is 0.125. The zero-order valence-electron chi connectivity index (χ0n) is 6.22. The van der Waals surface area contributed by atoms with Gasteiger partial charge in [-0.15, -0.1) is 11.3 Å². The lowest BCUT2D eigenvalue weighted by molar-refractivity contribution is 1.27. The first-order valence-corrected chi connectivity index (χ1v) is 4.29. The zero-order valence-corrected chi connectivity index (χ0v) is 7.80. The second-order valence-corrected chi connectivity index (χ2v) is 3.75. The zero-order chi connectivity index (χ0) is 8.43. The van der Waals surface area contributed by atoms with Crippen LogP contribution in [0.25, 0.3) is 11.1 Å². The minimum atomic E-state index is 0.476. The molecule has 0 bridgehead atoms. The Bertz CT molecular complexity index is 301. The molecule has 0 aromatic carbocycles. The molecule has 0 spiro atoms. The minimum Gasteiger partial charge on any atom is -0.240 e. The van der Waals surface area contributed by atoms with Crippen LogP contribution in [0.3, 0.4) is 0 Å². The summed E-state index contributed by atoms with van der Waals surface area (Å²) < 4.78 is 0. The van der Waals surface area contributed by atoms with E-state index < -0.39 is 0 Å². The SMILES string of the molecule is C=Cc1sc(C)nc1C(=C)Cl. The van der Waals surface area contributed by atoms with Crippen LogP contribution < -0.4 is 0 Å². The summed E-state index contributed by atoms with van der Waals surface area (Å²) >= 11 is 7.27. The second kappa shape index (κ2) is 3.20. The molecule has 58 valence electrons. The van der Waals surface area contributed by atoms with Gasteiger partial charge < -0.3 is 0 Å². The second-order valence-electron chi connectivity index (χ2n) is 2.05. The van der Waals surface area contributed by atoms with Gasteiger partial charge in [-0.2, -0.15) is 0 Å². The summed E-state index contributed by atoms with van der Waals surface area (Å²) in [5, 5.41) is 1.46. The predicted molar refractivity (Wildman–Crippen MR) is 51.8 cm³/mol. The maximum Gasteiger partial charge on any atom is 0.0995 e. The Labute approximate surface area is 75.0 Å². The summed E-state index contributed by atoms with van der Waals surface area (Å²) in [6, 6.07) is 0. The monoisotopic (exact) mass is 185 g/mol. The molecule has 0 saturated carbocycles. The molecule has 11 heavy (non-hydrogen) atoms. The Morgan fingerprint density at radius 2 is 2.36 bits per heavy atom. The molecule has 0 atom stereocenters. The lowest BCUT2D eigenvalue weighted by Gasteiger charge is -1.90. The van der Waals surface area contributed by atoms with Crippen LogP contribution in [0.5, 0.6) is 0 Å². The average Bonchev–Trinajstić information content (AvgIpc) is 2.30. The van der Waals surface area contributed by atoms with Crippen LogP contribution in [0.1, 0.15) is 15.6 Å². The Balaban J connectivity index is 3.22. The number of hydrogen-bond acceptors (Lipinski definition) is 2. The number of nitrogens with zero attached hydrogens (tertiary/aromatic N) is 1. The van der Waals surface area contributed by atoms with Crippen LogP contribution in [0.4, 0.5) is 0 Å². The van der Waals surface area contributed by atoms with Crippen molar-refractivity contribution in [1.82, 2.24) is 4.98 Å². The average molecular weight is 186 g/mol. The number of hydrogen-bond donors (Lipinski definition) is 0. The van der Waals surface area contributed by atoms with Crippen molar-refractivity contribution in [3.05, 3.63) is 28.7 Å². The van der Waals surface area contributed by atoms with Gasteiger partial charge >= 0.3 is 0 Å². The van der Waals surface area contributed by atoms with Crippen molar-refractivity contribution in [2.45, 2.75) is 6.92 Å². The standard InChI is InChI=1S/C8H8ClNS/c1-4-7-8(5(2)9)10-6(3)11-7/h4H,1-2H2,3H3. The normalized spacial score (nSPS) is 9.64. The Hall–Kier alpha value is -0.600. The lowest BCUT2D eigenvalue weighted by atomic mass is 10.3. The van der Waals surface area contributed by atoms with E-state index in [1.165, 1.54) is 0 Å². The molecular weight excluding hydrogens is 178 g/mol. The molecule has 0 amide bonds. The number of rotatable bonds is 2. The fourth-order valence-electron chi connectivity index (χ4n) is 0.776. The van der Waals surface area contributed by atoms with Crippen molar-refractivity contribution in [3.8, 4) is 0 Å². The third-order valence-electron chi connectivity index (χ3n) is 1.20. The third-order valence-corrected chi connectivity index (χ3v) is 2.35. The van der Waals surface area contributed by atoms with E-state index in [9.17, 15) is 0 Å². The van der Waals surface area contributed by atoms with E-state index in [1.54, 1.807) is 17.4 Å². The predicted octanol–water partition coefficient (Wildman–Crippen LogP) is 3.30. The van der Waals surface area contributed by atoms with Gasteiger partial charge in [-0.1, -0.05) is 24.8 Å². The maximum absolute atomic E-state index is 5.70. The van der Waals surface area contributed by atoms with E-state index in [4.69, 9.17) is 11.6 Å². The van der Waals surface area contributed by atoms with Gasteiger partial charge in [0.15, 0.2) is 0 Å². The summed E-state index contributed by atoms with van der Waals surface area (Å²) in [6.45, 7) is 9.20. The molecule has 0 N–H and O–H groups in total. The van der Waals surface area contributed by atoms with E-state index >= 15 is 0 Å². The van der Waals surface area contributed by atoms with Gasteiger partial charge in [-0.3, -0.25) is 0 Å². The van der Waals surface area contributed by atoms with Gasteiger partial charge in [0.1, 0.15) is 0 Å². The molecule has 0 radical (unpaired) electrons. The maximum atomic E-state index is 5.70. The quantitative estimate of drug-likeness (QED) is 0.689. The van der Waals surface area contributed by atoms with Crippen molar-refractivity contribution in [2.24, 2.45) is 0 Å². The van der Waals surface area contributed by atoms with Crippen LogP contribution in [-0.2, 0) is 0 Å². The molecule has 1 rings (SSSR count). The first-order chi connectivity index (χ1) is 5.15. The molecule has 1 aromatic heterocycles. The molecule has 0 saturated heterocycles. The van der Waals surface area contributed by atoms with Crippen molar-refractivity contribution in [2.75, 3.05) is 0 Å². The van der Waals surface area contributed by atoms with Gasteiger partial charge in [-0.05, 0) is 13.0 Å². The van der Waals surface area contributed by atoms with Crippen LogP contribution >= 0.6 is 22.9 Å². The van der Waals surface area contributed by atoms with Crippen molar-refractivity contribution >= 4 is 34.0 Å². The highest BCUT2D eigenvalue weighted by Gasteiger charge is 2.06. The smallest absolute Gasteiger partial charge is 0.0995 e. The van der Waals surface area contributed by atoms with E-state index in [1.807, 2.05) is 6.92 Å². The molecule has 0 unspecified atom stereocenters. The lowest BCUT2D eigenvalue weighted by Crippen LogP contribution is -1.78. The minimum absolute atomic E-state index is 0.476. The molecule has 0 aliphatic rings. The van der Waals surface area contributed by atoms with E-state index in [0.717, 1.165) is 15.6 Å². The van der Waals surface area contributed by atoms with Crippen molar-refractivity contribution in [3.63, 3.8) is 0 Å². The summed E-state index contributed by atoms with van der Waals surface area (Å²) in [4.78, 5) is 5.19. The van der Waals surface area contributed by atoms with Gasteiger partial charge in [-0.25, -0.2) is 4.98 Å². The summed E-state index contributed by atoms with van der Waals surface area (Å²) in [6.07, 6.45) is 1.74.